The first-order chi connectivity index (χ1) is 31.0. The van der Waals surface area contributed by atoms with Crippen LogP contribution >= 0.6 is 0 Å². The maximum Gasteiger partial charge on any atom is 0.306 e. The summed E-state index contributed by atoms with van der Waals surface area (Å²) in [5.41, 5.74) is 0. The lowest BCUT2D eigenvalue weighted by molar-refractivity contribution is -0.167. The van der Waals surface area contributed by atoms with Crippen LogP contribution < -0.4 is 0 Å². The summed E-state index contributed by atoms with van der Waals surface area (Å²) in [6.07, 6.45) is 60.2. The van der Waals surface area contributed by atoms with Crippen molar-refractivity contribution in [2.24, 2.45) is 0 Å². The molecule has 0 N–H and O–H groups in total. The Kier molecular flexibility index (Phi) is 50.8. The zero-order valence-electron chi connectivity index (χ0n) is 42.4. The van der Waals surface area contributed by atoms with Gasteiger partial charge in [-0.15, -0.1) is 0 Å². The Balaban J connectivity index is 4.34. The zero-order chi connectivity index (χ0) is 45.8. The molecule has 0 rings (SSSR count). The molecule has 6 nitrogen and oxygen atoms in total. The summed E-state index contributed by atoms with van der Waals surface area (Å²) < 4.78 is 16.8. The predicted molar refractivity (Wildman–Crippen MR) is 270 cm³/mol. The molecule has 0 aromatic carbocycles. The largest absolute Gasteiger partial charge is 0.462 e. The summed E-state index contributed by atoms with van der Waals surface area (Å²) in [5.74, 6) is -0.865. The van der Waals surface area contributed by atoms with Gasteiger partial charge in [0.1, 0.15) is 13.2 Å². The monoisotopic (exact) mass is 887 g/mol. The highest BCUT2D eigenvalue weighted by molar-refractivity contribution is 5.71. The summed E-state index contributed by atoms with van der Waals surface area (Å²) in [7, 11) is 0. The van der Waals surface area contributed by atoms with Gasteiger partial charge in [-0.25, -0.2) is 0 Å². The lowest BCUT2D eigenvalue weighted by Gasteiger charge is -2.18. The molecule has 0 bridgehead atoms. The molecular formula is C57H106O6. The maximum atomic E-state index is 12.8. The summed E-state index contributed by atoms with van der Waals surface area (Å²) in [4.78, 5) is 38.1. The molecule has 0 spiro atoms. The molecule has 1 unspecified atom stereocenters. The van der Waals surface area contributed by atoms with Crippen LogP contribution in [0.3, 0.4) is 0 Å². The van der Waals surface area contributed by atoms with E-state index in [-0.39, 0.29) is 31.1 Å². The fourth-order valence-corrected chi connectivity index (χ4v) is 8.23. The molecule has 0 fully saturated rings. The molecule has 0 aliphatic rings. The van der Waals surface area contributed by atoms with E-state index in [9.17, 15) is 14.4 Å². The Bertz CT molecular complexity index is 1020. The third kappa shape index (κ3) is 50.7. The van der Waals surface area contributed by atoms with Crippen LogP contribution in [0, 0.1) is 0 Å². The minimum atomic E-state index is -0.771. The van der Waals surface area contributed by atoms with Crippen molar-refractivity contribution in [2.45, 2.75) is 309 Å². The van der Waals surface area contributed by atoms with E-state index in [1.54, 1.807) is 0 Å². The SMILES string of the molecule is CCCC/C=C\C/C=C\CCCCCCCC(=O)OCC(COC(=O)CCCCCCCCCCCCCCCCCC)OC(=O)CCCCCCCCCCCCCCCCC. The fourth-order valence-electron chi connectivity index (χ4n) is 8.23. The summed E-state index contributed by atoms with van der Waals surface area (Å²) >= 11 is 0. The fraction of sp³-hybridized carbons (Fsp3) is 0.877. The first-order valence-corrected chi connectivity index (χ1v) is 27.8. The van der Waals surface area contributed by atoms with E-state index in [4.69, 9.17) is 14.2 Å². The Morgan fingerprint density at radius 1 is 0.317 bits per heavy atom. The van der Waals surface area contributed by atoms with Gasteiger partial charge in [-0.2, -0.15) is 0 Å². The van der Waals surface area contributed by atoms with Gasteiger partial charge in [-0.3, -0.25) is 14.4 Å². The summed E-state index contributed by atoms with van der Waals surface area (Å²) in [5, 5.41) is 0. The molecule has 0 radical (unpaired) electrons. The second-order valence-corrected chi connectivity index (χ2v) is 18.9. The Morgan fingerprint density at radius 2 is 0.587 bits per heavy atom. The van der Waals surface area contributed by atoms with Gasteiger partial charge in [0.25, 0.3) is 0 Å². The van der Waals surface area contributed by atoms with Crippen molar-refractivity contribution in [3.63, 3.8) is 0 Å². The molecule has 0 aromatic heterocycles. The van der Waals surface area contributed by atoms with Gasteiger partial charge in [-0.1, -0.05) is 263 Å². The summed E-state index contributed by atoms with van der Waals surface area (Å²) in [6, 6.07) is 0. The molecule has 1 atom stereocenters. The number of carbonyl (C=O) groups is 3. The Hall–Kier alpha value is -2.11. The number of ether oxygens (including phenoxy) is 3. The van der Waals surface area contributed by atoms with E-state index in [1.807, 2.05) is 0 Å². The van der Waals surface area contributed by atoms with Gasteiger partial charge in [-0.05, 0) is 44.9 Å². The molecule has 370 valence electrons. The minimum Gasteiger partial charge on any atom is -0.462 e. The molecule has 63 heavy (non-hydrogen) atoms. The van der Waals surface area contributed by atoms with Gasteiger partial charge in [0.2, 0.25) is 0 Å². The van der Waals surface area contributed by atoms with Crippen LogP contribution in [-0.2, 0) is 28.6 Å². The number of carbonyl (C=O) groups excluding carboxylic acids is 3. The normalized spacial score (nSPS) is 12.1. The second-order valence-electron chi connectivity index (χ2n) is 18.9. The molecule has 0 amide bonds. The Morgan fingerprint density at radius 3 is 0.921 bits per heavy atom. The Labute approximate surface area is 392 Å². The third-order valence-electron chi connectivity index (χ3n) is 12.5. The topological polar surface area (TPSA) is 78.9 Å². The molecule has 0 aliphatic heterocycles. The minimum absolute atomic E-state index is 0.0703. The first kappa shape index (κ1) is 60.9. The average molecular weight is 887 g/mol. The van der Waals surface area contributed by atoms with Crippen molar-refractivity contribution in [2.75, 3.05) is 13.2 Å². The average Bonchev–Trinajstić information content (AvgIpc) is 3.28. The highest BCUT2D eigenvalue weighted by atomic mass is 16.6. The zero-order valence-corrected chi connectivity index (χ0v) is 42.4. The van der Waals surface area contributed by atoms with Gasteiger partial charge in [0, 0.05) is 19.3 Å². The van der Waals surface area contributed by atoms with Crippen molar-refractivity contribution >= 4 is 17.9 Å². The van der Waals surface area contributed by atoms with Gasteiger partial charge >= 0.3 is 17.9 Å². The van der Waals surface area contributed by atoms with E-state index in [2.05, 4.69) is 45.1 Å². The number of unbranched alkanes of at least 4 members (excludes halogenated alkanes) is 36. The highest BCUT2D eigenvalue weighted by Gasteiger charge is 2.19. The molecule has 0 heterocycles. The van der Waals surface area contributed by atoms with E-state index in [1.165, 1.54) is 186 Å². The van der Waals surface area contributed by atoms with E-state index in [0.29, 0.717) is 19.3 Å². The standard InChI is InChI=1S/C57H106O6/c1-4-7-10-13-16-19-22-25-28-30-32-35-38-41-44-47-50-56(59)62-53-54(52-61-55(58)49-46-43-40-37-34-31-27-24-21-18-15-12-9-6-3)63-57(60)51-48-45-42-39-36-33-29-26-23-20-17-14-11-8-5-2/h15,18,24,27,54H,4-14,16-17,19-23,25-26,28-53H2,1-3H3/b18-15-,27-24-. The highest BCUT2D eigenvalue weighted by Crippen LogP contribution is 2.17. The van der Waals surface area contributed by atoms with Crippen molar-refractivity contribution in [3.05, 3.63) is 24.3 Å². The number of hydrogen-bond acceptors (Lipinski definition) is 6. The van der Waals surface area contributed by atoms with Gasteiger partial charge < -0.3 is 14.2 Å². The third-order valence-corrected chi connectivity index (χ3v) is 12.5. The van der Waals surface area contributed by atoms with E-state index in [0.717, 1.165) is 77.0 Å². The van der Waals surface area contributed by atoms with Crippen LogP contribution in [-0.4, -0.2) is 37.2 Å². The van der Waals surface area contributed by atoms with Crippen LogP contribution in [0.25, 0.3) is 0 Å². The number of hydrogen-bond donors (Lipinski definition) is 0. The second kappa shape index (κ2) is 52.5. The molecule has 0 aliphatic carbocycles. The molecule has 0 saturated heterocycles. The van der Waals surface area contributed by atoms with Crippen molar-refractivity contribution in [1.82, 2.24) is 0 Å². The number of allylic oxidation sites excluding steroid dienone is 4. The number of rotatable bonds is 51. The maximum absolute atomic E-state index is 12.8. The van der Waals surface area contributed by atoms with Crippen molar-refractivity contribution in [1.29, 1.82) is 0 Å². The molecule has 6 heteroatoms. The van der Waals surface area contributed by atoms with Crippen LogP contribution in [0.4, 0.5) is 0 Å². The van der Waals surface area contributed by atoms with E-state index < -0.39 is 6.10 Å². The van der Waals surface area contributed by atoms with Gasteiger partial charge in [0.05, 0.1) is 0 Å². The summed E-state index contributed by atoms with van der Waals surface area (Å²) in [6.45, 7) is 6.63. The van der Waals surface area contributed by atoms with Crippen LogP contribution in [0.1, 0.15) is 303 Å². The van der Waals surface area contributed by atoms with Gasteiger partial charge in [0.15, 0.2) is 6.10 Å². The smallest absolute Gasteiger partial charge is 0.306 e. The van der Waals surface area contributed by atoms with Crippen LogP contribution in [0.5, 0.6) is 0 Å². The van der Waals surface area contributed by atoms with Crippen molar-refractivity contribution in [3.8, 4) is 0 Å². The lowest BCUT2D eigenvalue weighted by Crippen LogP contribution is -2.30. The van der Waals surface area contributed by atoms with Crippen LogP contribution in [0.15, 0.2) is 24.3 Å². The number of esters is 3. The van der Waals surface area contributed by atoms with Crippen LogP contribution in [0.2, 0.25) is 0 Å². The van der Waals surface area contributed by atoms with Crippen molar-refractivity contribution < 1.29 is 28.6 Å². The van der Waals surface area contributed by atoms with E-state index >= 15 is 0 Å². The molecule has 0 aromatic rings. The quantitative estimate of drug-likeness (QED) is 0.0262. The molecular weight excluding hydrogens is 781 g/mol. The first-order valence-electron chi connectivity index (χ1n) is 27.8. The predicted octanol–water partition coefficient (Wildman–Crippen LogP) is 18.3. The molecule has 0 saturated carbocycles. The lowest BCUT2D eigenvalue weighted by atomic mass is 10.0.